The highest BCUT2D eigenvalue weighted by atomic mass is 35.5. The average Bonchev–Trinajstić information content (AvgIpc) is 3.25. The lowest BCUT2D eigenvalue weighted by Crippen LogP contribution is -2.14. The zero-order valence-corrected chi connectivity index (χ0v) is 16.8. The second kappa shape index (κ2) is 9.07. The number of ether oxygens (including phenoxy) is 1. The first-order valence-electron chi connectivity index (χ1n) is 8.13. The summed E-state index contributed by atoms with van der Waals surface area (Å²) in [5, 5.41) is 8.28. The van der Waals surface area contributed by atoms with Crippen LogP contribution in [0.1, 0.15) is 18.3 Å². The molecule has 0 aliphatic carbocycles. The second-order valence-corrected chi connectivity index (χ2v) is 7.65. The monoisotopic (exact) mass is 421 g/mol. The van der Waals surface area contributed by atoms with Crippen molar-refractivity contribution >= 4 is 51.3 Å². The lowest BCUT2D eigenvalue weighted by atomic mass is 10.2. The summed E-state index contributed by atoms with van der Waals surface area (Å²) in [7, 11) is 0. The van der Waals surface area contributed by atoms with E-state index < -0.39 is 0 Å². The van der Waals surface area contributed by atoms with Gasteiger partial charge in [-0.25, -0.2) is 9.97 Å². The van der Waals surface area contributed by atoms with Gasteiger partial charge in [0, 0.05) is 21.3 Å². The van der Waals surface area contributed by atoms with Gasteiger partial charge in [0.1, 0.15) is 5.01 Å². The Morgan fingerprint density at radius 2 is 1.78 bits per heavy atom. The molecule has 27 heavy (non-hydrogen) atoms. The van der Waals surface area contributed by atoms with E-state index in [-0.39, 0.29) is 24.7 Å². The first kappa shape index (κ1) is 19.5. The molecule has 1 N–H and O–H groups in total. The highest BCUT2D eigenvalue weighted by Gasteiger charge is 2.13. The minimum atomic E-state index is -0.335. The summed E-state index contributed by atoms with van der Waals surface area (Å²) in [6.07, 6.45) is 0.244. The number of esters is 1. The summed E-state index contributed by atoms with van der Waals surface area (Å²) < 4.78 is 4.88. The minimum Gasteiger partial charge on any atom is -0.466 e. The molecule has 9 heteroatoms. The number of carbonyl (C=O) groups is 2. The van der Waals surface area contributed by atoms with Crippen molar-refractivity contribution in [2.24, 2.45) is 0 Å². The molecule has 3 rings (SSSR count). The Kier molecular flexibility index (Phi) is 6.54. The summed E-state index contributed by atoms with van der Waals surface area (Å²) in [6.45, 7) is 2.08. The smallest absolute Gasteiger partial charge is 0.311 e. The van der Waals surface area contributed by atoms with Crippen LogP contribution in [0.4, 0.5) is 5.13 Å². The van der Waals surface area contributed by atoms with Crippen LogP contribution in [0.15, 0.2) is 35.0 Å². The molecule has 0 radical (unpaired) electrons. The minimum absolute atomic E-state index is 0.0940. The molecule has 0 atom stereocenters. The predicted molar refractivity (Wildman–Crippen MR) is 107 cm³/mol. The second-order valence-electron chi connectivity index (χ2n) is 5.50. The van der Waals surface area contributed by atoms with Gasteiger partial charge >= 0.3 is 5.97 Å². The molecule has 0 unspecified atom stereocenters. The standard InChI is InChI=1S/C18H16ClN3O3S2/c1-2-25-16(24)8-14-10-27-18(21-14)22-15(23)7-13-9-26-17(20-13)11-3-5-12(19)6-4-11/h3-6,9-10H,2,7-8H2,1H3,(H,21,22,23). The van der Waals surface area contributed by atoms with Gasteiger partial charge in [-0.05, 0) is 19.1 Å². The van der Waals surface area contributed by atoms with Crippen LogP contribution in [0.3, 0.4) is 0 Å². The molecule has 0 fully saturated rings. The number of hydrogen-bond donors (Lipinski definition) is 1. The SMILES string of the molecule is CCOC(=O)Cc1csc(NC(=O)Cc2csc(-c3ccc(Cl)cc3)n2)n1. The van der Waals surface area contributed by atoms with E-state index in [1.165, 1.54) is 22.7 Å². The third-order valence-electron chi connectivity index (χ3n) is 3.41. The first-order chi connectivity index (χ1) is 13.0. The van der Waals surface area contributed by atoms with Crippen molar-refractivity contribution in [1.82, 2.24) is 9.97 Å². The van der Waals surface area contributed by atoms with Crippen LogP contribution in [0.2, 0.25) is 5.02 Å². The van der Waals surface area contributed by atoms with E-state index >= 15 is 0 Å². The molecular weight excluding hydrogens is 406 g/mol. The van der Waals surface area contributed by atoms with Gasteiger partial charge in [-0.1, -0.05) is 23.7 Å². The van der Waals surface area contributed by atoms with E-state index in [0.29, 0.717) is 28.1 Å². The number of halogens is 1. The van der Waals surface area contributed by atoms with Crippen LogP contribution < -0.4 is 5.32 Å². The van der Waals surface area contributed by atoms with Crippen molar-refractivity contribution in [2.45, 2.75) is 19.8 Å². The van der Waals surface area contributed by atoms with Gasteiger partial charge < -0.3 is 10.1 Å². The largest absolute Gasteiger partial charge is 0.466 e. The number of hydrogen-bond acceptors (Lipinski definition) is 7. The highest BCUT2D eigenvalue weighted by Crippen LogP contribution is 2.25. The Hall–Kier alpha value is -2.29. The molecule has 0 spiro atoms. The number of aromatic nitrogens is 2. The summed E-state index contributed by atoms with van der Waals surface area (Å²) in [5.74, 6) is -0.544. The summed E-state index contributed by atoms with van der Waals surface area (Å²) >= 11 is 8.64. The van der Waals surface area contributed by atoms with E-state index in [1.54, 1.807) is 24.4 Å². The quantitative estimate of drug-likeness (QED) is 0.578. The molecule has 0 bridgehead atoms. The number of nitrogens with zero attached hydrogens (tertiary/aromatic N) is 2. The molecule has 1 aromatic carbocycles. The maximum absolute atomic E-state index is 12.2. The average molecular weight is 422 g/mol. The van der Waals surface area contributed by atoms with Gasteiger partial charge in [0.15, 0.2) is 5.13 Å². The fourth-order valence-corrected chi connectivity index (χ4v) is 3.92. The van der Waals surface area contributed by atoms with Crippen molar-refractivity contribution in [2.75, 3.05) is 11.9 Å². The Morgan fingerprint density at radius 1 is 1.07 bits per heavy atom. The fourth-order valence-electron chi connectivity index (χ4n) is 2.25. The van der Waals surface area contributed by atoms with Crippen LogP contribution in [-0.4, -0.2) is 28.5 Å². The maximum Gasteiger partial charge on any atom is 0.311 e. The van der Waals surface area contributed by atoms with E-state index in [1.807, 2.05) is 17.5 Å². The highest BCUT2D eigenvalue weighted by molar-refractivity contribution is 7.14. The zero-order chi connectivity index (χ0) is 19.2. The molecule has 0 saturated carbocycles. The Labute approximate surface area is 169 Å². The number of carbonyl (C=O) groups excluding carboxylic acids is 2. The van der Waals surface area contributed by atoms with Crippen molar-refractivity contribution in [1.29, 1.82) is 0 Å². The van der Waals surface area contributed by atoms with Gasteiger partial charge in [0.2, 0.25) is 5.91 Å². The number of nitrogens with one attached hydrogen (secondary N) is 1. The van der Waals surface area contributed by atoms with E-state index in [0.717, 1.165) is 10.6 Å². The van der Waals surface area contributed by atoms with Crippen LogP contribution in [-0.2, 0) is 27.2 Å². The van der Waals surface area contributed by atoms with Gasteiger partial charge in [0.05, 0.1) is 30.8 Å². The Morgan fingerprint density at radius 3 is 2.52 bits per heavy atom. The van der Waals surface area contributed by atoms with E-state index in [2.05, 4.69) is 15.3 Å². The van der Waals surface area contributed by atoms with Crippen molar-refractivity contribution in [3.8, 4) is 10.6 Å². The topological polar surface area (TPSA) is 81.2 Å². The summed E-state index contributed by atoms with van der Waals surface area (Å²) in [6, 6.07) is 7.40. The molecule has 0 saturated heterocycles. The molecule has 2 heterocycles. The molecular formula is C18H16ClN3O3S2. The van der Waals surface area contributed by atoms with Gasteiger partial charge in [-0.15, -0.1) is 22.7 Å². The summed E-state index contributed by atoms with van der Waals surface area (Å²) in [5.41, 5.74) is 2.22. The molecule has 2 aromatic heterocycles. The lowest BCUT2D eigenvalue weighted by Gasteiger charge is -2.00. The Bertz CT molecular complexity index is 937. The number of anilines is 1. The van der Waals surface area contributed by atoms with Gasteiger partial charge in [-0.3, -0.25) is 9.59 Å². The molecule has 0 aliphatic rings. The predicted octanol–water partition coefficient (Wildman–Crippen LogP) is 4.21. The lowest BCUT2D eigenvalue weighted by molar-refractivity contribution is -0.142. The number of thiazole rings is 2. The molecule has 0 aliphatic heterocycles. The van der Waals surface area contributed by atoms with Crippen LogP contribution in [0, 0.1) is 0 Å². The maximum atomic E-state index is 12.2. The fraction of sp³-hybridized carbons (Fsp3) is 0.222. The van der Waals surface area contributed by atoms with Gasteiger partial charge in [0.25, 0.3) is 0 Å². The Balaban J connectivity index is 1.56. The van der Waals surface area contributed by atoms with Crippen LogP contribution in [0.25, 0.3) is 10.6 Å². The van der Waals surface area contributed by atoms with Crippen molar-refractivity contribution < 1.29 is 14.3 Å². The number of amides is 1. The molecule has 1 amide bonds. The van der Waals surface area contributed by atoms with Crippen LogP contribution in [0.5, 0.6) is 0 Å². The molecule has 6 nitrogen and oxygen atoms in total. The number of rotatable bonds is 7. The third kappa shape index (κ3) is 5.59. The normalized spacial score (nSPS) is 10.6. The summed E-state index contributed by atoms with van der Waals surface area (Å²) in [4.78, 5) is 32.4. The molecule has 140 valence electrons. The third-order valence-corrected chi connectivity index (χ3v) is 5.41. The van der Waals surface area contributed by atoms with E-state index in [4.69, 9.17) is 16.3 Å². The number of benzene rings is 1. The van der Waals surface area contributed by atoms with Crippen molar-refractivity contribution in [3.63, 3.8) is 0 Å². The molecule has 3 aromatic rings. The van der Waals surface area contributed by atoms with Gasteiger partial charge in [-0.2, -0.15) is 0 Å². The van der Waals surface area contributed by atoms with Crippen LogP contribution >= 0.6 is 34.3 Å². The van der Waals surface area contributed by atoms with Crippen molar-refractivity contribution in [3.05, 3.63) is 51.4 Å². The van der Waals surface area contributed by atoms with E-state index in [9.17, 15) is 9.59 Å². The first-order valence-corrected chi connectivity index (χ1v) is 10.3. The zero-order valence-electron chi connectivity index (χ0n) is 14.4.